The van der Waals surface area contributed by atoms with Crippen molar-refractivity contribution in [1.29, 1.82) is 0 Å². The Hall–Kier alpha value is -0.180. The Labute approximate surface area is 53.4 Å². The molecule has 9 heavy (non-hydrogen) atoms. The molecule has 0 aliphatic rings. The summed E-state index contributed by atoms with van der Waals surface area (Å²) in [5.41, 5.74) is 0. The minimum Gasteiger partial charge on any atom is -0.319 e. The Morgan fingerprint density at radius 1 is 1.67 bits per heavy atom. The molecule has 0 aromatic heterocycles. The quantitative estimate of drug-likeness (QED) is 0.479. The molecule has 0 aliphatic heterocycles. The van der Waals surface area contributed by atoms with Gasteiger partial charge in [-0.3, -0.25) is 9.36 Å². The highest BCUT2D eigenvalue weighted by Gasteiger charge is 2.18. The molecule has 0 aromatic rings. The van der Waals surface area contributed by atoms with E-state index in [1.165, 1.54) is 0 Å². The number of hydrogen-bond acceptors (Lipinski definition) is 3. The first kappa shape index (κ1) is 8.82. The van der Waals surface area contributed by atoms with Gasteiger partial charge >= 0.3 is 7.60 Å². The van der Waals surface area contributed by atoms with Crippen molar-refractivity contribution in [1.82, 2.24) is 0 Å². The predicted molar refractivity (Wildman–Crippen MR) is 32.8 cm³/mol. The highest BCUT2D eigenvalue weighted by atomic mass is 31.2. The van der Waals surface area contributed by atoms with E-state index in [1.54, 1.807) is 13.8 Å². The van der Waals surface area contributed by atoms with Crippen LogP contribution in [0.5, 0.6) is 0 Å². The first-order valence-corrected chi connectivity index (χ1v) is 4.10. The van der Waals surface area contributed by atoms with Gasteiger partial charge in [-0.25, -0.2) is 0 Å². The number of hydrogen-bond donors (Lipinski definition) is 1. The Balaban J connectivity index is 3.88. The monoisotopic (exact) mass is 152 g/mol. The van der Waals surface area contributed by atoms with Gasteiger partial charge in [-0.05, 0) is 13.8 Å². The highest BCUT2D eigenvalue weighted by molar-refractivity contribution is 7.68. The fourth-order valence-corrected chi connectivity index (χ4v) is 0.981. The minimum atomic E-state index is -3.91. The molecule has 1 N–H and O–H groups in total. The molecule has 0 radical (unpaired) electrons. The van der Waals surface area contributed by atoms with Gasteiger partial charge in [-0.2, -0.15) is 0 Å². The van der Waals surface area contributed by atoms with E-state index in [4.69, 9.17) is 4.89 Å². The Kier molecular flexibility index (Phi) is 3.04. The van der Waals surface area contributed by atoms with Gasteiger partial charge in [0.05, 0.1) is 6.10 Å². The van der Waals surface area contributed by atoms with E-state index in [1.807, 2.05) is 0 Å². The van der Waals surface area contributed by atoms with Crippen LogP contribution in [-0.4, -0.2) is 17.0 Å². The van der Waals surface area contributed by atoms with Gasteiger partial charge in [-0.1, -0.05) is 0 Å². The fraction of sp³-hybridized carbons (Fsp3) is 0.750. The van der Waals surface area contributed by atoms with Crippen molar-refractivity contribution in [3.63, 3.8) is 0 Å². The summed E-state index contributed by atoms with van der Waals surface area (Å²) < 4.78 is 14.7. The fourth-order valence-electron chi connectivity index (χ4n) is 0.327. The lowest BCUT2D eigenvalue weighted by Gasteiger charge is -2.07. The third-order valence-corrected chi connectivity index (χ3v) is 1.49. The third-order valence-electron chi connectivity index (χ3n) is 0.495. The van der Waals surface area contributed by atoms with Crippen molar-refractivity contribution in [2.45, 2.75) is 20.0 Å². The van der Waals surface area contributed by atoms with Crippen molar-refractivity contribution in [3.8, 4) is 0 Å². The smallest absolute Gasteiger partial charge is 0.319 e. The van der Waals surface area contributed by atoms with Gasteiger partial charge in [0, 0.05) is 0 Å². The second kappa shape index (κ2) is 3.11. The Morgan fingerprint density at radius 3 is 2.22 bits per heavy atom. The van der Waals surface area contributed by atoms with E-state index in [0.717, 1.165) is 0 Å². The molecule has 54 valence electrons. The summed E-state index contributed by atoms with van der Waals surface area (Å²) >= 11 is 0. The molecule has 1 unspecified atom stereocenters. The van der Waals surface area contributed by atoms with E-state index in [2.05, 4.69) is 4.52 Å². The number of carbonyl (C=O) groups excluding carboxylic acids is 1. The zero-order valence-corrected chi connectivity index (χ0v) is 6.17. The van der Waals surface area contributed by atoms with Gasteiger partial charge < -0.3 is 9.42 Å². The molecule has 1 atom stereocenters. The maximum atomic E-state index is 10.4. The second-order valence-corrected chi connectivity index (χ2v) is 3.37. The summed E-state index contributed by atoms with van der Waals surface area (Å²) in [4.78, 5) is 18.2. The zero-order chi connectivity index (χ0) is 7.49. The van der Waals surface area contributed by atoms with Crippen molar-refractivity contribution in [3.05, 3.63) is 0 Å². The van der Waals surface area contributed by atoms with Gasteiger partial charge in [-0.15, -0.1) is 0 Å². The average molecular weight is 152 g/mol. The first-order chi connectivity index (χ1) is 3.98. The van der Waals surface area contributed by atoms with Crippen LogP contribution in [0.15, 0.2) is 0 Å². The number of carbonyl (C=O) groups is 1. The third kappa shape index (κ3) is 4.33. The highest BCUT2D eigenvalue weighted by Crippen LogP contribution is 2.38. The average Bonchev–Trinajstić information content (AvgIpc) is 1.63. The summed E-state index contributed by atoms with van der Waals surface area (Å²) in [5.74, 6) is 0. The summed E-state index contributed by atoms with van der Waals surface area (Å²) in [6.45, 7) is 3.15. The van der Waals surface area contributed by atoms with Crippen LogP contribution in [0, 0.1) is 0 Å². The van der Waals surface area contributed by atoms with Crippen LogP contribution in [0.4, 0.5) is 0 Å². The number of rotatable bonds is 3. The molecule has 0 rings (SSSR count). The van der Waals surface area contributed by atoms with Crippen LogP contribution in [0.2, 0.25) is 0 Å². The molecule has 0 saturated heterocycles. The van der Waals surface area contributed by atoms with E-state index >= 15 is 0 Å². The van der Waals surface area contributed by atoms with Gasteiger partial charge in [0.2, 0.25) is 6.03 Å². The van der Waals surface area contributed by atoms with Crippen LogP contribution in [-0.2, 0) is 13.9 Å². The molecule has 0 amide bonds. The van der Waals surface area contributed by atoms with E-state index in [9.17, 15) is 9.36 Å². The van der Waals surface area contributed by atoms with Gasteiger partial charge in [0.1, 0.15) is 0 Å². The largest absolute Gasteiger partial charge is 0.391 e. The summed E-state index contributed by atoms with van der Waals surface area (Å²) in [5, 5.41) is 0. The van der Waals surface area contributed by atoms with Crippen molar-refractivity contribution in [2.24, 2.45) is 0 Å². The molecule has 0 aliphatic carbocycles. The Morgan fingerprint density at radius 2 is 2.11 bits per heavy atom. The lowest BCUT2D eigenvalue weighted by atomic mass is 10.5. The van der Waals surface area contributed by atoms with E-state index < -0.39 is 13.7 Å². The standard InChI is InChI=1S/C4H9O4P/c1-4(2)8-9(6,7)3-5/h3-4H,1-2H3,(H,6,7). The second-order valence-electron chi connectivity index (χ2n) is 1.82. The topological polar surface area (TPSA) is 63.6 Å². The summed E-state index contributed by atoms with van der Waals surface area (Å²) in [6, 6.07) is -0.0764. The van der Waals surface area contributed by atoms with Crippen LogP contribution < -0.4 is 0 Å². The molecule has 0 fully saturated rings. The SMILES string of the molecule is CC(C)OP(=O)(O)C=O. The first-order valence-electron chi connectivity index (χ1n) is 2.45. The normalized spacial score (nSPS) is 17.3. The van der Waals surface area contributed by atoms with Crippen LogP contribution >= 0.6 is 7.60 Å². The lowest BCUT2D eigenvalue weighted by molar-refractivity contribution is 0.213. The van der Waals surface area contributed by atoms with Crippen molar-refractivity contribution in [2.75, 3.05) is 0 Å². The predicted octanol–water partition coefficient (Wildman–Crippen LogP) is 0.787. The maximum Gasteiger partial charge on any atom is 0.391 e. The molecule has 0 heterocycles. The Bertz CT molecular complexity index is 142. The molecule has 0 spiro atoms. The van der Waals surface area contributed by atoms with Crippen LogP contribution in [0.25, 0.3) is 0 Å². The maximum absolute atomic E-state index is 10.4. The van der Waals surface area contributed by atoms with Crippen molar-refractivity contribution < 1.29 is 18.8 Å². The van der Waals surface area contributed by atoms with Gasteiger partial charge in [0.25, 0.3) is 0 Å². The van der Waals surface area contributed by atoms with E-state index in [0.29, 0.717) is 0 Å². The van der Waals surface area contributed by atoms with Crippen molar-refractivity contribution >= 4 is 13.6 Å². The molecule has 5 heteroatoms. The van der Waals surface area contributed by atoms with Crippen LogP contribution in [0.1, 0.15) is 13.8 Å². The summed E-state index contributed by atoms with van der Waals surface area (Å²) in [6.07, 6.45) is -0.397. The van der Waals surface area contributed by atoms with E-state index in [-0.39, 0.29) is 6.03 Å². The van der Waals surface area contributed by atoms with Gasteiger partial charge in [0.15, 0.2) is 0 Å². The lowest BCUT2D eigenvalue weighted by Crippen LogP contribution is -1.99. The molecule has 0 aromatic carbocycles. The zero-order valence-electron chi connectivity index (χ0n) is 5.27. The molecule has 0 saturated carbocycles. The molecule has 0 bridgehead atoms. The molecular formula is C4H9O4P. The molecular weight excluding hydrogens is 143 g/mol. The van der Waals surface area contributed by atoms with Crippen LogP contribution in [0.3, 0.4) is 0 Å². The minimum absolute atomic E-state index is 0.0764. The summed E-state index contributed by atoms with van der Waals surface area (Å²) in [7, 11) is -3.91. The molecule has 4 nitrogen and oxygen atoms in total.